The van der Waals surface area contributed by atoms with Crippen LogP contribution in [0.1, 0.15) is 30.1 Å². The van der Waals surface area contributed by atoms with Crippen LogP contribution in [0.4, 0.5) is 5.69 Å². The number of nitro groups is 1. The number of sulfone groups is 1. The van der Waals surface area contributed by atoms with Gasteiger partial charge in [-0.2, -0.15) is 0 Å². The van der Waals surface area contributed by atoms with E-state index in [0.29, 0.717) is 11.1 Å². The number of non-ortho nitro benzene ring substituents is 1. The predicted octanol–water partition coefficient (Wildman–Crippen LogP) is 4.56. The summed E-state index contributed by atoms with van der Waals surface area (Å²) < 4.78 is 33.0. The molecule has 182 valence electrons. The Bertz CT molecular complexity index is 1440. The summed E-state index contributed by atoms with van der Waals surface area (Å²) in [6.45, 7) is 0. The third kappa shape index (κ3) is 4.11. The number of esters is 1. The highest BCUT2D eigenvalue weighted by atomic mass is 32.2. The van der Waals surface area contributed by atoms with E-state index in [0.717, 1.165) is 24.3 Å². The molecule has 0 amide bonds. The molecule has 1 saturated carbocycles. The Kier molecular flexibility index (Phi) is 6.01. The van der Waals surface area contributed by atoms with Gasteiger partial charge in [-0.1, -0.05) is 60.7 Å². The van der Waals surface area contributed by atoms with Gasteiger partial charge in [-0.3, -0.25) is 14.9 Å². The minimum atomic E-state index is -4.19. The van der Waals surface area contributed by atoms with Crippen molar-refractivity contribution in [2.45, 2.75) is 23.8 Å². The molecule has 0 spiro atoms. The number of benzene rings is 3. The van der Waals surface area contributed by atoms with Crippen LogP contribution in [0.25, 0.3) is 0 Å². The zero-order chi connectivity index (χ0) is 25.4. The van der Waals surface area contributed by atoms with Gasteiger partial charge in [-0.25, -0.2) is 13.2 Å². The SMILES string of the molecule is O=C(OC(c1ccccc1)c1ccccc1)C1=C(S(=O)(=O)c2ccc([N+](=O)[O-])cc2)CC2CC(=O)C12. The van der Waals surface area contributed by atoms with E-state index in [1.54, 1.807) is 24.3 Å². The number of nitrogens with zero attached hydrogens (tertiary/aromatic N) is 1. The summed E-state index contributed by atoms with van der Waals surface area (Å²) in [5.41, 5.74) is 1.02. The Morgan fingerprint density at radius 1 is 0.889 bits per heavy atom. The Balaban J connectivity index is 1.55. The first-order valence-corrected chi connectivity index (χ1v) is 12.8. The van der Waals surface area contributed by atoms with Gasteiger partial charge in [-0.15, -0.1) is 0 Å². The topological polar surface area (TPSA) is 121 Å². The molecule has 0 radical (unpaired) electrons. The van der Waals surface area contributed by atoms with Gasteiger partial charge in [0.1, 0.15) is 5.78 Å². The number of hydrogen-bond donors (Lipinski definition) is 0. The average Bonchev–Trinajstić information content (AvgIpc) is 3.22. The van der Waals surface area contributed by atoms with Gasteiger partial charge in [0.15, 0.2) is 6.10 Å². The maximum atomic E-state index is 13.6. The average molecular weight is 504 g/mol. The van der Waals surface area contributed by atoms with Crippen LogP contribution in [0.2, 0.25) is 0 Å². The van der Waals surface area contributed by atoms with E-state index in [1.807, 2.05) is 36.4 Å². The number of fused-ring (bicyclic) bond motifs is 1. The van der Waals surface area contributed by atoms with Crippen molar-refractivity contribution in [3.63, 3.8) is 0 Å². The number of carbonyl (C=O) groups is 2. The van der Waals surface area contributed by atoms with Crippen LogP contribution in [0, 0.1) is 22.0 Å². The van der Waals surface area contributed by atoms with Crippen molar-refractivity contribution in [2.24, 2.45) is 11.8 Å². The number of hydrogen-bond acceptors (Lipinski definition) is 7. The van der Waals surface area contributed by atoms with Gasteiger partial charge in [-0.05, 0) is 35.6 Å². The normalized spacial score (nSPS) is 19.1. The smallest absolute Gasteiger partial charge is 0.336 e. The van der Waals surface area contributed by atoms with Crippen molar-refractivity contribution in [3.05, 3.63) is 117 Å². The molecule has 1 fully saturated rings. The summed E-state index contributed by atoms with van der Waals surface area (Å²) in [4.78, 5) is 36.1. The van der Waals surface area contributed by atoms with E-state index in [9.17, 15) is 28.1 Å². The molecule has 2 unspecified atom stereocenters. The van der Waals surface area contributed by atoms with E-state index >= 15 is 0 Å². The molecule has 36 heavy (non-hydrogen) atoms. The lowest BCUT2D eigenvalue weighted by Gasteiger charge is -2.30. The highest BCUT2D eigenvalue weighted by molar-refractivity contribution is 7.95. The third-order valence-electron chi connectivity index (χ3n) is 6.67. The number of Topliss-reactive ketones (excluding diaryl/α,β-unsaturated/α-hetero) is 1. The van der Waals surface area contributed by atoms with Gasteiger partial charge in [0.2, 0.25) is 9.84 Å². The molecule has 3 aromatic rings. The van der Waals surface area contributed by atoms with Crippen LogP contribution in [0.5, 0.6) is 0 Å². The first-order valence-electron chi connectivity index (χ1n) is 11.3. The molecule has 3 aromatic carbocycles. The predicted molar refractivity (Wildman–Crippen MR) is 129 cm³/mol. The molecular weight excluding hydrogens is 482 g/mol. The number of rotatable bonds is 7. The molecule has 0 saturated heterocycles. The maximum Gasteiger partial charge on any atom is 0.336 e. The van der Waals surface area contributed by atoms with Crippen molar-refractivity contribution in [3.8, 4) is 0 Å². The van der Waals surface area contributed by atoms with Gasteiger partial charge in [0.25, 0.3) is 5.69 Å². The number of allylic oxidation sites excluding steroid dienone is 1. The Morgan fingerprint density at radius 2 is 1.44 bits per heavy atom. The quantitative estimate of drug-likeness (QED) is 0.263. The van der Waals surface area contributed by atoms with Gasteiger partial charge >= 0.3 is 5.97 Å². The Labute approximate surface area is 207 Å². The van der Waals surface area contributed by atoms with E-state index in [2.05, 4.69) is 0 Å². The highest BCUT2D eigenvalue weighted by Crippen LogP contribution is 2.51. The van der Waals surface area contributed by atoms with E-state index in [1.165, 1.54) is 0 Å². The van der Waals surface area contributed by atoms with Crippen LogP contribution in [0.3, 0.4) is 0 Å². The molecule has 0 N–H and O–H groups in total. The summed E-state index contributed by atoms with van der Waals surface area (Å²) >= 11 is 0. The minimum absolute atomic E-state index is 0.0432. The zero-order valence-corrected chi connectivity index (χ0v) is 19.8. The molecule has 8 nitrogen and oxygen atoms in total. The largest absolute Gasteiger partial charge is 0.449 e. The van der Waals surface area contributed by atoms with Crippen LogP contribution in [-0.4, -0.2) is 25.1 Å². The lowest BCUT2D eigenvalue weighted by Crippen LogP contribution is -2.37. The fraction of sp³-hybridized carbons (Fsp3) is 0.185. The Hall–Kier alpha value is -4.11. The second-order valence-electron chi connectivity index (χ2n) is 8.81. The molecule has 0 heterocycles. The van der Waals surface area contributed by atoms with Crippen LogP contribution < -0.4 is 0 Å². The fourth-order valence-corrected chi connectivity index (χ4v) is 6.57. The van der Waals surface area contributed by atoms with Crippen molar-refractivity contribution in [1.29, 1.82) is 0 Å². The highest BCUT2D eigenvalue weighted by Gasteiger charge is 2.53. The van der Waals surface area contributed by atoms with Crippen LogP contribution >= 0.6 is 0 Å². The number of nitro benzene ring substituents is 1. The lowest BCUT2D eigenvalue weighted by molar-refractivity contribution is -0.384. The monoisotopic (exact) mass is 503 g/mol. The molecule has 0 aliphatic heterocycles. The molecule has 0 bridgehead atoms. The van der Waals surface area contributed by atoms with E-state index < -0.39 is 32.8 Å². The first-order chi connectivity index (χ1) is 17.3. The molecular formula is C27H21NO7S. The standard InChI is InChI=1S/C27H21NO7S/c29-22-15-19-16-23(36(33,34)21-13-11-20(12-14-21)28(31)32)25(24(19)22)27(30)35-26(17-7-3-1-4-8-17)18-9-5-2-6-10-18/h1-14,19,24,26H,15-16H2. The van der Waals surface area contributed by atoms with Gasteiger partial charge in [0.05, 0.1) is 26.2 Å². The summed E-state index contributed by atoms with van der Waals surface area (Å²) in [6.07, 6.45) is -0.562. The third-order valence-corrected chi connectivity index (χ3v) is 8.60. The number of ether oxygens (including phenoxy) is 1. The van der Waals surface area contributed by atoms with Crippen LogP contribution in [0.15, 0.2) is 100 Å². The number of carbonyl (C=O) groups excluding carboxylic acids is 2. The zero-order valence-electron chi connectivity index (χ0n) is 18.9. The second kappa shape index (κ2) is 9.16. The molecule has 9 heteroatoms. The van der Waals surface area contributed by atoms with Crippen LogP contribution in [-0.2, 0) is 24.2 Å². The summed E-state index contributed by atoms with van der Waals surface area (Å²) in [5.74, 6) is -2.16. The molecule has 2 aliphatic carbocycles. The fourth-order valence-electron chi connectivity index (χ4n) is 4.85. The molecule has 2 aliphatic rings. The first kappa shape index (κ1) is 23.6. The van der Waals surface area contributed by atoms with E-state index in [-0.39, 0.29) is 45.6 Å². The van der Waals surface area contributed by atoms with E-state index in [4.69, 9.17) is 4.74 Å². The summed E-state index contributed by atoms with van der Waals surface area (Å²) in [7, 11) is -4.19. The van der Waals surface area contributed by atoms with Crippen molar-refractivity contribution in [1.82, 2.24) is 0 Å². The minimum Gasteiger partial charge on any atom is -0.449 e. The molecule has 2 atom stereocenters. The molecule has 0 aromatic heterocycles. The molecule has 5 rings (SSSR count). The second-order valence-corrected chi connectivity index (χ2v) is 10.8. The number of ketones is 1. The Morgan fingerprint density at radius 3 is 1.94 bits per heavy atom. The lowest BCUT2D eigenvalue weighted by atomic mass is 9.72. The van der Waals surface area contributed by atoms with Crippen molar-refractivity contribution >= 4 is 27.3 Å². The van der Waals surface area contributed by atoms with Gasteiger partial charge in [0, 0.05) is 18.6 Å². The maximum absolute atomic E-state index is 13.6. The van der Waals surface area contributed by atoms with Crippen molar-refractivity contribution < 1.29 is 27.7 Å². The van der Waals surface area contributed by atoms with Gasteiger partial charge < -0.3 is 4.74 Å². The van der Waals surface area contributed by atoms with Crippen molar-refractivity contribution in [2.75, 3.05) is 0 Å². The summed E-state index contributed by atoms with van der Waals surface area (Å²) in [6, 6.07) is 22.6. The summed E-state index contributed by atoms with van der Waals surface area (Å²) in [5, 5.41) is 11.0.